The maximum Gasteiger partial charge on any atom is 0.256 e. The van der Waals surface area contributed by atoms with Crippen molar-refractivity contribution in [3.63, 3.8) is 0 Å². The Morgan fingerprint density at radius 3 is 2.33 bits per heavy atom. The molecule has 0 spiro atoms. The summed E-state index contributed by atoms with van der Waals surface area (Å²) >= 11 is 0. The van der Waals surface area contributed by atoms with E-state index in [0.29, 0.717) is 32.8 Å². The van der Waals surface area contributed by atoms with E-state index in [1.54, 1.807) is 0 Å². The highest BCUT2D eigenvalue weighted by Crippen LogP contribution is 2.22. The smallest absolute Gasteiger partial charge is 0.256 e. The van der Waals surface area contributed by atoms with E-state index in [0.717, 1.165) is 24.3 Å². The average Bonchev–Trinajstić information content (AvgIpc) is 2.58. The van der Waals surface area contributed by atoms with Crippen molar-refractivity contribution in [3.8, 4) is 5.75 Å². The van der Waals surface area contributed by atoms with E-state index in [1.807, 2.05) is 45.0 Å². The van der Waals surface area contributed by atoms with E-state index < -0.39 is 5.60 Å². The number of carbonyl (C=O) groups is 1. The Kier molecular flexibility index (Phi) is 9.42. The normalized spacial score (nSPS) is 13.3. The lowest BCUT2D eigenvalue weighted by Gasteiger charge is -2.28. The van der Waals surface area contributed by atoms with Crippen molar-refractivity contribution in [2.75, 3.05) is 31.7 Å². The van der Waals surface area contributed by atoms with Crippen LogP contribution in [0.3, 0.4) is 0 Å². The number of rotatable bonds is 12. The molecule has 1 atom stereocenters. The lowest BCUT2D eigenvalue weighted by molar-refractivity contribution is -0.140. The largest absolute Gasteiger partial charge is 0.491 e. The zero-order valence-corrected chi connectivity index (χ0v) is 15.4. The minimum Gasteiger partial charge on any atom is -0.491 e. The molecule has 1 aromatic carbocycles. The zero-order chi connectivity index (χ0) is 17.8. The van der Waals surface area contributed by atoms with Gasteiger partial charge in [0.25, 0.3) is 5.91 Å². The van der Waals surface area contributed by atoms with Crippen molar-refractivity contribution in [1.29, 1.82) is 0 Å². The number of nitrogens with one attached hydrogen (secondary N) is 1. The molecule has 1 N–H and O–H groups in total. The highest BCUT2D eigenvalue weighted by atomic mass is 16.5. The van der Waals surface area contributed by atoms with Crippen LogP contribution in [0.5, 0.6) is 5.75 Å². The van der Waals surface area contributed by atoms with Gasteiger partial charge >= 0.3 is 0 Å². The van der Waals surface area contributed by atoms with Gasteiger partial charge in [0.05, 0.1) is 6.61 Å². The molecular weight excluding hydrogens is 306 g/mol. The second-order valence-electron chi connectivity index (χ2n) is 5.85. The monoisotopic (exact) mass is 337 g/mol. The van der Waals surface area contributed by atoms with Crippen LogP contribution in [0.1, 0.15) is 47.0 Å². The second-order valence-corrected chi connectivity index (χ2v) is 5.85. The Morgan fingerprint density at radius 2 is 1.75 bits per heavy atom. The lowest BCUT2D eigenvalue weighted by atomic mass is 9.99. The van der Waals surface area contributed by atoms with Gasteiger partial charge in [-0.2, -0.15) is 0 Å². The summed E-state index contributed by atoms with van der Waals surface area (Å²) in [5.41, 5.74) is -0.0585. The van der Waals surface area contributed by atoms with Gasteiger partial charge in [-0.25, -0.2) is 0 Å². The van der Waals surface area contributed by atoms with Gasteiger partial charge in [0.1, 0.15) is 18.0 Å². The molecule has 5 heteroatoms. The molecule has 0 fully saturated rings. The molecule has 0 saturated heterocycles. The standard InChI is InChI=1S/C19H31NO4/c1-5-12-19(4,24-13-6-2)18(21)20-16-8-10-17(11-9-16)23-15-14-22-7-3/h8-11H,5-7,12-15H2,1-4H3,(H,20,21)/t19-/m0/s1. The summed E-state index contributed by atoms with van der Waals surface area (Å²) in [5.74, 6) is 0.647. The van der Waals surface area contributed by atoms with Crippen molar-refractivity contribution in [2.45, 2.75) is 52.6 Å². The third-order valence-corrected chi connectivity index (χ3v) is 3.64. The molecule has 0 aliphatic carbocycles. The molecular formula is C19H31NO4. The minimum absolute atomic E-state index is 0.109. The summed E-state index contributed by atoms with van der Waals surface area (Å²) in [6.45, 7) is 10.2. The Hall–Kier alpha value is -1.59. The molecule has 1 aromatic rings. The molecule has 0 bridgehead atoms. The van der Waals surface area contributed by atoms with Gasteiger partial charge in [-0.15, -0.1) is 0 Å². The van der Waals surface area contributed by atoms with E-state index in [4.69, 9.17) is 14.2 Å². The Labute approximate surface area is 145 Å². The second kappa shape index (κ2) is 11.0. The first kappa shape index (κ1) is 20.5. The van der Waals surface area contributed by atoms with Crippen molar-refractivity contribution in [1.82, 2.24) is 0 Å². The molecule has 0 aromatic heterocycles. The number of ether oxygens (including phenoxy) is 3. The predicted octanol–water partition coefficient (Wildman–Crippen LogP) is 4.03. The number of amides is 1. The van der Waals surface area contributed by atoms with Crippen LogP contribution in [0.15, 0.2) is 24.3 Å². The maximum absolute atomic E-state index is 12.6. The highest BCUT2D eigenvalue weighted by molar-refractivity contribution is 5.97. The van der Waals surface area contributed by atoms with Crippen LogP contribution in [0.2, 0.25) is 0 Å². The van der Waals surface area contributed by atoms with Crippen LogP contribution in [-0.4, -0.2) is 37.9 Å². The average molecular weight is 337 g/mol. The molecule has 5 nitrogen and oxygen atoms in total. The summed E-state index contributed by atoms with van der Waals surface area (Å²) < 4.78 is 16.6. The molecule has 0 aliphatic rings. The summed E-state index contributed by atoms with van der Waals surface area (Å²) in [6.07, 6.45) is 2.47. The van der Waals surface area contributed by atoms with Gasteiger partial charge in [0, 0.05) is 18.9 Å². The first-order chi connectivity index (χ1) is 11.6. The van der Waals surface area contributed by atoms with Crippen molar-refractivity contribution >= 4 is 11.6 Å². The third kappa shape index (κ3) is 6.89. The molecule has 0 heterocycles. The quantitative estimate of drug-likeness (QED) is 0.585. The number of anilines is 1. The molecule has 1 amide bonds. The van der Waals surface area contributed by atoms with Crippen LogP contribution in [0.4, 0.5) is 5.69 Å². The molecule has 136 valence electrons. The van der Waals surface area contributed by atoms with E-state index in [1.165, 1.54) is 0 Å². The molecule has 0 unspecified atom stereocenters. The fourth-order valence-electron chi connectivity index (χ4n) is 2.32. The van der Waals surface area contributed by atoms with Crippen LogP contribution >= 0.6 is 0 Å². The summed E-state index contributed by atoms with van der Waals surface area (Å²) in [7, 11) is 0. The molecule has 1 rings (SSSR count). The van der Waals surface area contributed by atoms with Gasteiger partial charge in [-0.3, -0.25) is 4.79 Å². The van der Waals surface area contributed by atoms with Gasteiger partial charge in [-0.05, 0) is 51.0 Å². The molecule has 0 aliphatic heterocycles. The van der Waals surface area contributed by atoms with E-state index in [9.17, 15) is 4.79 Å². The Balaban J connectivity index is 2.58. The van der Waals surface area contributed by atoms with Crippen LogP contribution in [0, 0.1) is 0 Å². The van der Waals surface area contributed by atoms with E-state index in [-0.39, 0.29) is 5.91 Å². The van der Waals surface area contributed by atoms with Crippen LogP contribution < -0.4 is 10.1 Å². The zero-order valence-electron chi connectivity index (χ0n) is 15.4. The number of hydrogen-bond acceptors (Lipinski definition) is 4. The van der Waals surface area contributed by atoms with Crippen molar-refractivity contribution in [3.05, 3.63) is 24.3 Å². The SMILES string of the molecule is CCCO[C@@](C)(CCC)C(=O)Nc1ccc(OCCOCC)cc1. The summed E-state index contributed by atoms with van der Waals surface area (Å²) in [5, 5.41) is 2.94. The van der Waals surface area contributed by atoms with Crippen molar-refractivity contribution in [2.24, 2.45) is 0 Å². The fraction of sp³-hybridized carbons (Fsp3) is 0.632. The van der Waals surface area contributed by atoms with Gasteiger partial charge in [-0.1, -0.05) is 20.3 Å². The fourth-order valence-corrected chi connectivity index (χ4v) is 2.32. The Morgan fingerprint density at radius 1 is 1.04 bits per heavy atom. The first-order valence-corrected chi connectivity index (χ1v) is 8.81. The number of benzene rings is 1. The first-order valence-electron chi connectivity index (χ1n) is 8.81. The Bertz CT molecular complexity index is 475. The summed E-state index contributed by atoms with van der Waals surface area (Å²) in [4.78, 5) is 12.6. The van der Waals surface area contributed by atoms with Gasteiger partial charge < -0.3 is 19.5 Å². The van der Waals surface area contributed by atoms with E-state index in [2.05, 4.69) is 12.2 Å². The van der Waals surface area contributed by atoms with Crippen LogP contribution in [0.25, 0.3) is 0 Å². The highest BCUT2D eigenvalue weighted by Gasteiger charge is 2.33. The maximum atomic E-state index is 12.6. The third-order valence-electron chi connectivity index (χ3n) is 3.64. The van der Waals surface area contributed by atoms with Gasteiger partial charge in [0.15, 0.2) is 0 Å². The number of carbonyl (C=O) groups excluding carboxylic acids is 1. The molecule has 24 heavy (non-hydrogen) atoms. The molecule has 0 radical (unpaired) electrons. The topological polar surface area (TPSA) is 56.8 Å². The predicted molar refractivity (Wildman–Crippen MR) is 96.6 cm³/mol. The lowest BCUT2D eigenvalue weighted by Crippen LogP contribution is -2.43. The summed E-state index contributed by atoms with van der Waals surface area (Å²) in [6, 6.07) is 7.34. The van der Waals surface area contributed by atoms with Gasteiger partial charge in [0.2, 0.25) is 0 Å². The minimum atomic E-state index is -0.794. The molecule has 0 saturated carbocycles. The van der Waals surface area contributed by atoms with E-state index >= 15 is 0 Å². The van der Waals surface area contributed by atoms with Crippen molar-refractivity contribution < 1.29 is 19.0 Å². The number of hydrogen-bond donors (Lipinski definition) is 1. The van der Waals surface area contributed by atoms with Crippen LogP contribution in [-0.2, 0) is 14.3 Å².